The normalized spacial score (nSPS) is 10.2. The molecule has 0 aliphatic carbocycles. The molecule has 0 amide bonds. The number of aliphatic hydroxyl groups is 1. The Morgan fingerprint density at radius 3 is 2.67 bits per heavy atom. The van der Waals surface area contributed by atoms with Crippen LogP contribution < -0.4 is 0 Å². The van der Waals surface area contributed by atoms with Gasteiger partial charge in [0.15, 0.2) is 0 Å². The lowest BCUT2D eigenvalue weighted by atomic mass is 10.1. The Morgan fingerprint density at radius 1 is 1.33 bits per heavy atom. The maximum absolute atomic E-state index is 8.65. The summed E-state index contributed by atoms with van der Waals surface area (Å²) in [5, 5.41) is 8.65. The van der Waals surface area contributed by atoms with Gasteiger partial charge in [-0.05, 0) is 43.0 Å². The average Bonchev–Trinajstić information content (AvgIpc) is 1.99. The molecule has 0 heterocycles. The van der Waals surface area contributed by atoms with Gasteiger partial charge in [-0.15, -0.1) is 0 Å². The second kappa shape index (κ2) is 4.63. The van der Waals surface area contributed by atoms with Gasteiger partial charge in [0.2, 0.25) is 0 Å². The standard InChI is InChI=1S/C10H13BrO/c1-8-5-9(3-2-4-12)7-10(11)6-8/h5-7,12H,2-4H2,1H3. The lowest BCUT2D eigenvalue weighted by molar-refractivity contribution is 0.288. The van der Waals surface area contributed by atoms with Crippen LogP contribution in [0, 0.1) is 6.92 Å². The molecule has 0 aliphatic heterocycles. The van der Waals surface area contributed by atoms with Crippen LogP contribution in [0.3, 0.4) is 0 Å². The number of aryl methyl sites for hydroxylation is 2. The Morgan fingerprint density at radius 2 is 2.08 bits per heavy atom. The van der Waals surface area contributed by atoms with Crippen molar-refractivity contribution in [1.82, 2.24) is 0 Å². The number of hydrogen-bond donors (Lipinski definition) is 1. The van der Waals surface area contributed by atoms with Gasteiger partial charge in [-0.25, -0.2) is 0 Å². The number of aliphatic hydroxyl groups excluding tert-OH is 1. The van der Waals surface area contributed by atoms with Gasteiger partial charge in [-0.1, -0.05) is 22.0 Å². The van der Waals surface area contributed by atoms with Crippen molar-refractivity contribution in [1.29, 1.82) is 0 Å². The first kappa shape index (κ1) is 9.75. The molecule has 0 spiro atoms. The van der Waals surface area contributed by atoms with E-state index in [0.717, 1.165) is 17.3 Å². The minimum atomic E-state index is 0.269. The van der Waals surface area contributed by atoms with Gasteiger partial charge >= 0.3 is 0 Å². The molecule has 2 heteroatoms. The minimum Gasteiger partial charge on any atom is -0.396 e. The number of rotatable bonds is 3. The summed E-state index contributed by atoms with van der Waals surface area (Å²) in [7, 11) is 0. The Hall–Kier alpha value is -0.340. The first-order chi connectivity index (χ1) is 5.72. The van der Waals surface area contributed by atoms with E-state index < -0.39 is 0 Å². The highest BCUT2D eigenvalue weighted by atomic mass is 79.9. The van der Waals surface area contributed by atoms with Crippen molar-refractivity contribution in [2.75, 3.05) is 6.61 Å². The fourth-order valence-corrected chi connectivity index (χ4v) is 1.89. The molecule has 0 radical (unpaired) electrons. The molecule has 1 nitrogen and oxygen atoms in total. The van der Waals surface area contributed by atoms with E-state index in [9.17, 15) is 0 Å². The zero-order valence-electron chi connectivity index (χ0n) is 7.18. The van der Waals surface area contributed by atoms with Crippen molar-refractivity contribution >= 4 is 15.9 Å². The molecule has 0 saturated carbocycles. The fourth-order valence-electron chi connectivity index (χ4n) is 1.24. The molecule has 0 unspecified atom stereocenters. The third kappa shape index (κ3) is 2.95. The molecule has 66 valence electrons. The van der Waals surface area contributed by atoms with Gasteiger partial charge in [-0.2, -0.15) is 0 Å². The summed E-state index contributed by atoms with van der Waals surface area (Å²) in [5.41, 5.74) is 2.55. The minimum absolute atomic E-state index is 0.269. The molecule has 0 fully saturated rings. The summed E-state index contributed by atoms with van der Waals surface area (Å²) in [4.78, 5) is 0. The van der Waals surface area contributed by atoms with Crippen LogP contribution in [0.1, 0.15) is 17.5 Å². The topological polar surface area (TPSA) is 20.2 Å². The first-order valence-electron chi connectivity index (χ1n) is 4.09. The smallest absolute Gasteiger partial charge is 0.0434 e. The van der Waals surface area contributed by atoms with Crippen LogP contribution in [0.15, 0.2) is 22.7 Å². The van der Waals surface area contributed by atoms with Crippen molar-refractivity contribution in [2.24, 2.45) is 0 Å². The molecule has 0 aromatic heterocycles. The Kier molecular flexibility index (Phi) is 3.76. The zero-order chi connectivity index (χ0) is 8.97. The molecule has 1 aromatic rings. The van der Waals surface area contributed by atoms with Gasteiger partial charge in [0.05, 0.1) is 0 Å². The highest BCUT2D eigenvalue weighted by molar-refractivity contribution is 9.10. The van der Waals surface area contributed by atoms with Crippen LogP contribution in [0.25, 0.3) is 0 Å². The molecule has 0 saturated heterocycles. The molecule has 1 rings (SSSR count). The lowest BCUT2D eigenvalue weighted by Gasteiger charge is -2.02. The van der Waals surface area contributed by atoms with Crippen LogP contribution in [0.4, 0.5) is 0 Å². The van der Waals surface area contributed by atoms with Crippen molar-refractivity contribution in [3.05, 3.63) is 33.8 Å². The highest BCUT2D eigenvalue weighted by Crippen LogP contribution is 2.16. The van der Waals surface area contributed by atoms with Gasteiger partial charge in [0.25, 0.3) is 0 Å². The summed E-state index contributed by atoms with van der Waals surface area (Å²) in [6.45, 7) is 2.35. The molecule has 0 atom stereocenters. The third-order valence-corrected chi connectivity index (χ3v) is 2.18. The van der Waals surface area contributed by atoms with Gasteiger partial charge in [0, 0.05) is 11.1 Å². The summed E-state index contributed by atoms with van der Waals surface area (Å²) < 4.78 is 1.12. The van der Waals surface area contributed by atoms with Gasteiger partial charge in [-0.3, -0.25) is 0 Å². The molecule has 1 aromatic carbocycles. The lowest BCUT2D eigenvalue weighted by Crippen LogP contribution is -1.90. The van der Waals surface area contributed by atoms with E-state index in [2.05, 4.69) is 41.1 Å². The molecular weight excluding hydrogens is 216 g/mol. The summed E-state index contributed by atoms with van der Waals surface area (Å²) in [5.74, 6) is 0. The summed E-state index contributed by atoms with van der Waals surface area (Å²) in [6, 6.07) is 6.34. The molecule has 12 heavy (non-hydrogen) atoms. The molecule has 0 bridgehead atoms. The molecule has 1 N–H and O–H groups in total. The van der Waals surface area contributed by atoms with Gasteiger partial charge < -0.3 is 5.11 Å². The third-order valence-electron chi connectivity index (χ3n) is 1.73. The largest absolute Gasteiger partial charge is 0.396 e. The zero-order valence-corrected chi connectivity index (χ0v) is 8.76. The predicted octanol–water partition coefficient (Wildman–Crippen LogP) is 2.68. The fraction of sp³-hybridized carbons (Fsp3) is 0.400. The van der Waals surface area contributed by atoms with Gasteiger partial charge in [0.1, 0.15) is 0 Å². The maximum atomic E-state index is 8.65. The highest BCUT2D eigenvalue weighted by Gasteiger charge is 1.95. The molecular formula is C10H13BrO. The van der Waals surface area contributed by atoms with Crippen molar-refractivity contribution in [3.63, 3.8) is 0 Å². The van der Waals surface area contributed by atoms with E-state index in [0.29, 0.717) is 0 Å². The second-order valence-corrected chi connectivity index (χ2v) is 3.88. The number of halogens is 1. The quantitative estimate of drug-likeness (QED) is 0.844. The Bertz CT molecular complexity index is 238. The van der Waals surface area contributed by atoms with Crippen LogP contribution in [-0.4, -0.2) is 11.7 Å². The first-order valence-corrected chi connectivity index (χ1v) is 4.88. The van der Waals surface area contributed by atoms with Crippen LogP contribution in [-0.2, 0) is 6.42 Å². The Labute approximate surface area is 81.6 Å². The van der Waals surface area contributed by atoms with Crippen LogP contribution >= 0.6 is 15.9 Å². The van der Waals surface area contributed by atoms with Crippen molar-refractivity contribution in [3.8, 4) is 0 Å². The van der Waals surface area contributed by atoms with E-state index in [1.54, 1.807) is 0 Å². The molecule has 0 aliphatic rings. The summed E-state index contributed by atoms with van der Waals surface area (Å²) in [6.07, 6.45) is 1.80. The number of hydrogen-bond acceptors (Lipinski definition) is 1. The van der Waals surface area contributed by atoms with E-state index >= 15 is 0 Å². The summed E-state index contributed by atoms with van der Waals surface area (Å²) >= 11 is 3.44. The van der Waals surface area contributed by atoms with Crippen molar-refractivity contribution in [2.45, 2.75) is 19.8 Å². The second-order valence-electron chi connectivity index (χ2n) is 2.96. The SMILES string of the molecule is Cc1cc(Br)cc(CCCO)c1. The van der Waals surface area contributed by atoms with E-state index in [-0.39, 0.29) is 6.61 Å². The monoisotopic (exact) mass is 228 g/mol. The maximum Gasteiger partial charge on any atom is 0.0434 e. The Balaban J connectivity index is 2.72. The van der Waals surface area contributed by atoms with E-state index in [4.69, 9.17) is 5.11 Å². The van der Waals surface area contributed by atoms with Crippen molar-refractivity contribution < 1.29 is 5.11 Å². The predicted molar refractivity (Wildman–Crippen MR) is 54.3 cm³/mol. The van der Waals surface area contributed by atoms with E-state index in [1.165, 1.54) is 11.1 Å². The number of benzene rings is 1. The van der Waals surface area contributed by atoms with Crippen LogP contribution in [0.2, 0.25) is 0 Å². The van der Waals surface area contributed by atoms with E-state index in [1.807, 2.05) is 0 Å². The van der Waals surface area contributed by atoms with Crippen LogP contribution in [0.5, 0.6) is 0 Å². The average molecular weight is 229 g/mol.